The minimum atomic E-state index is 0.654. The summed E-state index contributed by atoms with van der Waals surface area (Å²) in [5.74, 6) is 1.84. The zero-order valence-corrected chi connectivity index (χ0v) is 12.0. The van der Waals surface area contributed by atoms with E-state index >= 15 is 0 Å². The van der Waals surface area contributed by atoms with Crippen LogP contribution >= 0.6 is 0 Å². The molecule has 0 radical (unpaired) electrons. The Morgan fingerprint density at radius 3 is 2.79 bits per heavy atom. The smallest absolute Gasteiger partial charge is 0.142 e. The molecule has 1 unspecified atom stereocenters. The molecule has 19 heavy (non-hydrogen) atoms. The van der Waals surface area contributed by atoms with Crippen molar-refractivity contribution in [3.63, 3.8) is 0 Å². The first-order valence-electron chi connectivity index (χ1n) is 7.30. The van der Waals surface area contributed by atoms with Crippen LogP contribution in [0, 0.1) is 11.3 Å². The number of benzene rings is 1. The number of nitrogens with zero attached hydrogens (tertiary/aromatic N) is 1. The lowest BCUT2D eigenvalue weighted by Crippen LogP contribution is -2.31. The Bertz CT molecular complexity index is 440. The Morgan fingerprint density at radius 1 is 1.32 bits per heavy atom. The normalized spacial score (nSPS) is 24.2. The molecule has 1 heterocycles. The lowest BCUT2D eigenvalue weighted by Gasteiger charge is -2.27. The molecule has 1 spiro atoms. The van der Waals surface area contributed by atoms with Gasteiger partial charge in [-0.3, -0.25) is 0 Å². The number of anilines is 1. The minimum absolute atomic E-state index is 0.654. The Kier molecular flexibility index (Phi) is 3.40. The topological polar surface area (TPSA) is 24.5 Å². The lowest BCUT2D eigenvalue weighted by molar-refractivity contribution is 0.323. The van der Waals surface area contributed by atoms with Gasteiger partial charge in [0, 0.05) is 13.6 Å². The molecule has 1 N–H and O–H groups in total. The third-order valence-corrected chi connectivity index (χ3v) is 4.95. The number of methoxy groups -OCH3 is 1. The molecule has 0 aromatic heterocycles. The van der Waals surface area contributed by atoms with Crippen LogP contribution in [0.1, 0.15) is 19.3 Å². The zero-order valence-electron chi connectivity index (χ0n) is 12.0. The zero-order chi connectivity index (χ0) is 13.3. The van der Waals surface area contributed by atoms with Crippen molar-refractivity contribution < 1.29 is 4.74 Å². The molecule has 3 nitrogen and oxygen atoms in total. The number of rotatable bonds is 4. The third kappa shape index (κ3) is 2.44. The molecule has 1 saturated heterocycles. The number of para-hydroxylation sites is 2. The highest BCUT2D eigenvalue weighted by Gasteiger charge is 2.53. The molecule has 1 aliphatic carbocycles. The largest absolute Gasteiger partial charge is 0.495 e. The van der Waals surface area contributed by atoms with Crippen LogP contribution in [0.5, 0.6) is 5.75 Å². The van der Waals surface area contributed by atoms with Gasteiger partial charge in [-0.15, -0.1) is 0 Å². The molecular weight excluding hydrogens is 236 g/mol. The van der Waals surface area contributed by atoms with Gasteiger partial charge in [-0.05, 0) is 55.8 Å². The van der Waals surface area contributed by atoms with Gasteiger partial charge < -0.3 is 15.0 Å². The molecule has 0 bridgehead atoms. The van der Waals surface area contributed by atoms with E-state index in [9.17, 15) is 0 Å². The van der Waals surface area contributed by atoms with E-state index in [1.54, 1.807) is 7.11 Å². The van der Waals surface area contributed by atoms with Crippen LogP contribution in [0.15, 0.2) is 24.3 Å². The van der Waals surface area contributed by atoms with Crippen LogP contribution in [0.25, 0.3) is 0 Å². The third-order valence-electron chi connectivity index (χ3n) is 4.95. The van der Waals surface area contributed by atoms with Crippen molar-refractivity contribution in [3.8, 4) is 5.75 Å². The highest BCUT2D eigenvalue weighted by molar-refractivity contribution is 5.58. The standard InChI is InChI=1S/C16H24N2O/c1-18(14-5-3-4-6-15(14)19-2)12-13-11-16(13)7-9-17-10-8-16/h3-6,13,17H,7-12H2,1-2H3. The predicted octanol–water partition coefficient (Wildman–Crippen LogP) is 2.52. The first kappa shape index (κ1) is 12.8. The molecule has 3 heteroatoms. The Morgan fingerprint density at radius 2 is 2.05 bits per heavy atom. The summed E-state index contributed by atoms with van der Waals surface area (Å²) in [5.41, 5.74) is 1.86. The Balaban J connectivity index is 1.64. The molecule has 1 aromatic carbocycles. The second-order valence-electron chi connectivity index (χ2n) is 6.07. The maximum absolute atomic E-state index is 5.45. The van der Waals surface area contributed by atoms with Crippen LogP contribution < -0.4 is 15.0 Å². The van der Waals surface area contributed by atoms with Crippen molar-refractivity contribution in [1.29, 1.82) is 0 Å². The summed E-state index contributed by atoms with van der Waals surface area (Å²) in [6.07, 6.45) is 4.13. The molecule has 2 aliphatic rings. The van der Waals surface area contributed by atoms with Crippen molar-refractivity contribution in [1.82, 2.24) is 5.32 Å². The molecule has 1 aliphatic heterocycles. The van der Waals surface area contributed by atoms with Crippen molar-refractivity contribution in [2.24, 2.45) is 11.3 Å². The van der Waals surface area contributed by atoms with Crippen LogP contribution in [0.2, 0.25) is 0 Å². The lowest BCUT2D eigenvalue weighted by atomic mass is 9.92. The van der Waals surface area contributed by atoms with E-state index in [0.717, 1.165) is 18.2 Å². The van der Waals surface area contributed by atoms with Crippen LogP contribution in [0.3, 0.4) is 0 Å². The minimum Gasteiger partial charge on any atom is -0.495 e. The molecule has 1 atom stereocenters. The molecule has 104 valence electrons. The quantitative estimate of drug-likeness (QED) is 0.900. The summed E-state index contributed by atoms with van der Waals surface area (Å²) in [4.78, 5) is 2.36. The van der Waals surface area contributed by atoms with E-state index in [0.29, 0.717) is 5.41 Å². The predicted molar refractivity (Wildman–Crippen MR) is 78.9 cm³/mol. The number of piperidine rings is 1. The van der Waals surface area contributed by atoms with Gasteiger partial charge in [0.25, 0.3) is 0 Å². The fourth-order valence-electron chi connectivity index (χ4n) is 3.60. The first-order chi connectivity index (χ1) is 9.25. The van der Waals surface area contributed by atoms with Crippen LogP contribution in [-0.4, -0.2) is 33.8 Å². The van der Waals surface area contributed by atoms with Gasteiger partial charge in [-0.25, -0.2) is 0 Å². The van der Waals surface area contributed by atoms with Crippen molar-refractivity contribution >= 4 is 5.69 Å². The molecule has 1 aromatic rings. The van der Waals surface area contributed by atoms with E-state index in [4.69, 9.17) is 4.74 Å². The number of ether oxygens (including phenoxy) is 1. The van der Waals surface area contributed by atoms with Gasteiger partial charge in [0.15, 0.2) is 0 Å². The van der Waals surface area contributed by atoms with Crippen molar-refractivity contribution in [3.05, 3.63) is 24.3 Å². The SMILES string of the molecule is COc1ccccc1N(C)CC1CC12CCNCC2. The fourth-order valence-corrected chi connectivity index (χ4v) is 3.60. The second-order valence-corrected chi connectivity index (χ2v) is 6.07. The summed E-state index contributed by atoms with van der Waals surface area (Å²) < 4.78 is 5.45. The van der Waals surface area contributed by atoms with Crippen molar-refractivity contribution in [2.45, 2.75) is 19.3 Å². The fraction of sp³-hybridized carbons (Fsp3) is 0.625. The van der Waals surface area contributed by atoms with E-state index in [2.05, 4.69) is 29.4 Å². The van der Waals surface area contributed by atoms with Crippen molar-refractivity contribution in [2.75, 3.05) is 38.7 Å². The Labute approximate surface area is 115 Å². The van der Waals surface area contributed by atoms with Crippen LogP contribution in [0.4, 0.5) is 5.69 Å². The molecule has 1 saturated carbocycles. The van der Waals surface area contributed by atoms with E-state index < -0.39 is 0 Å². The van der Waals surface area contributed by atoms with Gasteiger partial charge in [0.05, 0.1) is 12.8 Å². The molecular formula is C16H24N2O. The molecule has 3 rings (SSSR count). The highest BCUT2D eigenvalue weighted by atomic mass is 16.5. The number of nitrogens with one attached hydrogen (secondary N) is 1. The maximum atomic E-state index is 5.45. The summed E-state index contributed by atoms with van der Waals surface area (Å²) in [6, 6.07) is 8.30. The number of hydrogen-bond donors (Lipinski definition) is 1. The monoisotopic (exact) mass is 260 g/mol. The first-order valence-corrected chi connectivity index (χ1v) is 7.30. The van der Waals surface area contributed by atoms with E-state index in [1.165, 1.54) is 38.0 Å². The number of hydrogen-bond acceptors (Lipinski definition) is 3. The van der Waals surface area contributed by atoms with Gasteiger partial charge in [0.2, 0.25) is 0 Å². The average molecular weight is 260 g/mol. The molecule has 2 fully saturated rings. The second kappa shape index (κ2) is 5.04. The average Bonchev–Trinajstić information content (AvgIpc) is 3.10. The molecule has 0 amide bonds. The summed E-state index contributed by atoms with van der Waals surface area (Å²) >= 11 is 0. The van der Waals surface area contributed by atoms with E-state index in [1.807, 2.05) is 12.1 Å². The summed E-state index contributed by atoms with van der Waals surface area (Å²) in [5, 5.41) is 3.47. The maximum Gasteiger partial charge on any atom is 0.142 e. The highest BCUT2D eigenvalue weighted by Crippen LogP contribution is 2.58. The van der Waals surface area contributed by atoms with Crippen LogP contribution in [-0.2, 0) is 0 Å². The summed E-state index contributed by atoms with van der Waals surface area (Å²) in [6.45, 7) is 3.56. The van der Waals surface area contributed by atoms with Gasteiger partial charge in [0.1, 0.15) is 5.75 Å². The van der Waals surface area contributed by atoms with E-state index in [-0.39, 0.29) is 0 Å². The Hall–Kier alpha value is -1.22. The summed E-state index contributed by atoms with van der Waals surface area (Å²) in [7, 11) is 3.93. The van der Waals surface area contributed by atoms with Gasteiger partial charge in [-0.2, -0.15) is 0 Å². The van der Waals surface area contributed by atoms with Gasteiger partial charge >= 0.3 is 0 Å². The van der Waals surface area contributed by atoms with Gasteiger partial charge in [-0.1, -0.05) is 12.1 Å².